The number of hydrogen-bond donors (Lipinski definition) is 0. The highest BCUT2D eigenvalue weighted by Crippen LogP contribution is 2.13. The first-order valence-electron chi connectivity index (χ1n) is 27.0. The number of allylic oxidation sites excluding steroid dienone is 20. The van der Waals surface area contributed by atoms with Gasteiger partial charge >= 0.3 is 17.9 Å². The zero-order chi connectivity index (χ0) is 48.6. The monoisotopic (exact) mass is 927 g/mol. The summed E-state index contributed by atoms with van der Waals surface area (Å²) in [5.41, 5.74) is 0. The summed E-state index contributed by atoms with van der Waals surface area (Å²) in [6.45, 7) is 6.35. The molecule has 0 fully saturated rings. The standard InChI is InChI=1S/C61H98O6/c1-4-7-10-13-15-17-19-21-23-25-26-27-28-29-30-31-32-33-34-36-37-39-41-43-45-48-51-54-60(63)66-57-58(56-65-59(62)53-50-47-12-9-6-3)67-61(64)55-52-49-46-44-42-40-38-35-24-22-20-18-16-14-11-8-5-2/h7,10,15-18,21-24,26-27,29-30,32-33,36-37,41,43,58H,4-6,8-9,11-14,19-20,25,28,31,34-35,38-40,42,44-57H2,1-3H3/b10-7-,17-15-,18-16-,23-21-,24-22-,27-26-,30-29-,33-32-,37-36-,43-41-. The topological polar surface area (TPSA) is 78.9 Å². The van der Waals surface area contributed by atoms with Crippen molar-refractivity contribution in [3.8, 4) is 0 Å². The van der Waals surface area contributed by atoms with Crippen LogP contribution in [0.15, 0.2) is 122 Å². The number of unbranched alkanes of at least 4 members (excludes halogenated alkanes) is 16. The molecular formula is C61H98O6. The maximum atomic E-state index is 12.7. The van der Waals surface area contributed by atoms with E-state index in [2.05, 4.69) is 142 Å². The lowest BCUT2D eigenvalue weighted by molar-refractivity contribution is -0.167. The second kappa shape index (κ2) is 54.4. The van der Waals surface area contributed by atoms with E-state index in [1.165, 1.54) is 51.4 Å². The summed E-state index contributed by atoms with van der Waals surface area (Å²) in [7, 11) is 0. The van der Waals surface area contributed by atoms with Crippen molar-refractivity contribution in [1.29, 1.82) is 0 Å². The van der Waals surface area contributed by atoms with Crippen molar-refractivity contribution in [3.63, 3.8) is 0 Å². The lowest BCUT2D eigenvalue weighted by Gasteiger charge is -2.18. The Labute approximate surface area is 412 Å². The molecule has 67 heavy (non-hydrogen) atoms. The first-order chi connectivity index (χ1) is 33.0. The zero-order valence-corrected chi connectivity index (χ0v) is 43.1. The number of carbonyl (C=O) groups is 3. The Kier molecular flexibility index (Phi) is 51.0. The molecular weight excluding hydrogens is 829 g/mol. The lowest BCUT2D eigenvalue weighted by atomic mass is 10.1. The van der Waals surface area contributed by atoms with E-state index in [0.29, 0.717) is 25.7 Å². The Morgan fingerprint density at radius 2 is 0.582 bits per heavy atom. The molecule has 0 spiro atoms. The van der Waals surface area contributed by atoms with Crippen molar-refractivity contribution >= 4 is 17.9 Å². The van der Waals surface area contributed by atoms with E-state index >= 15 is 0 Å². The van der Waals surface area contributed by atoms with E-state index in [-0.39, 0.29) is 31.1 Å². The van der Waals surface area contributed by atoms with Crippen LogP contribution in [0, 0.1) is 0 Å². The molecule has 0 heterocycles. The molecule has 0 bridgehead atoms. The summed E-state index contributed by atoms with van der Waals surface area (Å²) < 4.78 is 16.6. The van der Waals surface area contributed by atoms with Crippen molar-refractivity contribution in [3.05, 3.63) is 122 Å². The van der Waals surface area contributed by atoms with Gasteiger partial charge in [-0.25, -0.2) is 0 Å². The van der Waals surface area contributed by atoms with Gasteiger partial charge in [-0.3, -0.25) is 14.4 Å². The Bertz CT molecular complexity index is 1440. The molecule has 0 aromatic rings. The van der Waals surface area contributed by atoms with Crippen molar-refractivity contribution in [2.24, 2.45) is 0 Å². The minimum Gasteiger partial charge on any atom is -0.462 e. The highest BCUT2D eigenvalue weighted by atomic mass is 16.6. The second-order valence-electron chi connectivity index (χ2n) is 17.4. The van der Waals surface area contributed by atoms with Gasteiger partial charge in [0.25, 0.3) is 0 Å². The second-order valence-corrected chi connectivity index (χ2v) is 17.4. The normalized spacial score (nSPS) is 13.1. The lowest BCUT2D eigenvalue weighted by Crippen LogP contribution is -2.30. The van der Waals surface area contributed by atoms with Gasteiger partial charge in [0.05, 0.1) is 0 Å². The minimum absolute atomic E-state index is 0.0988. The summed E-state index contributed by atoms with van der Waals surface area (Å²) in [5, 5.41) is 0. The van der Waals surface area contributed by atoms with Crippen LogP contribution < -0.4 is 0 Å². The summed E-state index contributed by atoms with van der Waals surface area (Å²) >= 11 is 0. The number of carbonyl (C=O) groups excluding carboxylic acids is 3. The summed E-state index contributed by atoms with van der Waals surface area (Å²) in [6, 6.07) is 0. The quantitative estimate of drug-likeness (QED) is 0.0262. The Hall–Kier alpha value is -4.19. The van der Waals surface area contributed by atoms with Crippen LogP contribution in [0.2, 0.25) is 0 Å². The molecule has 0 saturated heterocycles. The third-order valence-electron chi connectivity index (χ3n) is 11.0. The van der Waals surface area contributed by atoms with E-state index in [1.54, 1.807) is 0 Å². The summed E-state index contributed by atoms with van der Waals surface area (Å²) in [4.78, 5) is 37.7. The Morgan fingerprint density at radius 3 is 0.970 bits per heavy atom. The molecule has 0 radical (unpaired) electrons. The maximum absolute atomic E-state index is 12.7. The smallest absolute Gasteiger partial charge is 0.306 e. The van der Waals surface area contributed by atoms with Crippen LogP contribution in [0.4, 0.5) is 0 Å². The van der Waals surface area contributed by atoms with Crippen LogP contribution in [-0.4, -0.2) is 37.2 Å². The van der Waals surface area contributed by atoms with Gasteiger partial charge in [0.2, 0.25) is 0 Å². The molecule has 6 nitrogen and oxygen atoms in total. The fourth-order valence-corrected chi connectivity index (χ4v) is 6.90. The van der Waals surface area contributed by atoms with Gasteiger partial charge in [-0.2, -0.15) is 0 Å². The van der Waals surface area contributed by atoms with E-state index in [1.807, 2.05) is 0 Å². The van der Waals surface area contributed by atoms with Crippen LogP contribution in [0.5, 0.6) is 0 Å². The molecule has 378 valence electrons. The number of hydrogen-bond acceptors (Lipinski definition) is 6. The molecule has 0 saturated carbocycles. The SMILES string of the molecule is CC/C=C\C/C=C\C/C=C\C/C=C\C/C=C\C/C=C\C/C=C\C/C=C\CCCCC(=O)OCC(COC(=O)CCCCCCC)OC(=O)CCCCCCCCC/C=C\C/C=C\CCCCC. The molecule has 6 heteroatoms. The first kappa shape index (κ1) is 62.8. The van der Waals surface area contributed by atoms with Crippen LogP contribution in [0.3, 0.4) is 0 Å². The third kappa shape index (κ3) is 52.6. The van der Waals surface area contributed by atoms with Gasteiger partial charge in [0.1, 0.15) is 13.2 Å². The van der Waals surface area contributed by atoms with Gasteiger partial charge in [-0.05, 0) is 116 Å². The molecule has 1 unspecified atom stereocenters. The fraction of sp³-hybridized carbons (Fsp3) is 0.623. The summed E-state index contributed by atoms with van der Waals surface area (Å²) in [6.07, 6.45) is 75.1. The van der Waals surface area contributed by atoms with Crippen molar-refractivity contribution in [2.45, 2.75) is 232 Å². The van der Waals surface area contributed by atoms with Gasteiger partial charge < -0.3 is 14.2 Å². The van der Waals surface area contributed by atoms with Crippen molar-refractivity contribution in [1.82, 2.24) is 0 Å². The minimum atomic E-state index is -0.799. The van der Waals surface area contributed by atoms with Crippen LogP contribution in [-0.2, 0) is 28.6 Å². The molecule has 0 amide bonds. The third-order valence-corrected chi connectivity index (χ3v) is 11.0. The average Bonchev–Trinajstić information content (AvgIpc) is 3.33. The van der Waals surface area contributed by atoms with Crippen LogP contribution >= 0.6 is 0 Å². The number of ether oxygens (including phenoxy) is 3. The predicted octanol–water partition coefficient (Wildman–Crippen LogP) is 18.1. The van der Waals surface area contributed by atoms with Gasteiger partial charge in [0, 0.05) is 19.3 Å². The highest BCUT2D eigenvalue weighted by Gasteiger charge is 2.19. The molecule has 0 aliphatic carbocycles. The number of rotatable bonds is 47. The first-order valence-corrected chi connectivity index (χ1v) is 27.0. The molecule has 0 rings (SSSR count). The van der Waals surface area contributed by atoms with Crippen LogP contribution in [0.25, 0.3) is 0 Å². The summed E-state index contributed by atoms with van der Waals surface area (Å²) in [5.74, 6) is -0.973. The highest BCUT2D eigenvalue weighted by molar-refractivity contribution is 5.71. The predicted molar refractivity (Wildman–Crippen MR) is 288 cm³/mol. The van der Waals surface area contributed by atoms with Gasteiger partial charge in [-0.1, -0.05) is 213 Å². The van der Waals surface area contributed by atoms with Crippen LogP contribution in [0.1, 0.15) is 226 Å². The van der Waals surface area contributed by atoms with E-state index < -0.39 is 6.10 Å². The Balaban J connectivity index is 4.26. The van der Waals surface area contributed by atoms with Gasteiger partial charge in [0.15, 0.2) is 6.10 Å². The molecule has 1 atom stereocenters. The fourth-order valence-electron chi connectivity index (χ4n) is 6.90. The molecule has 0 aliphatic rings. The Morgan fingerprint density at radius 1 is 0.313 bits per heavy atom. The zero-order valence-electron chi connectivity index (χ0n) is 43.1. The van der Waals surface area contributed by atoms with E-state index in [4.69, 9.17) is 14.2 Å². The van der Waals surface area contributed by atoms with Crippen molar-refractivity contribution < 1.29 is 28.6 Å². The number of esters is 3. The van der Waals surface area contributed by atoms with E-state index in [0.717, 1.165) is 128 Å². The van der Waals surface area contributed by atoms with Gasteiger partial charge in [-0.15, -0.1) is 0 Å². The van der Waals surface area contributed by atoms with E-state index in [9.17, 15) is 14.4 Å². The maximum Gasteiger partial charge on any atom is 0.306 e. The molecule has 0 aromatic carbocycles. The average molecular weight is 927 g/mol. The molecule has 0 aromatic heterocycles. The molecule has 0 aliphatic heterocycles. The molecule has 0 N–H and O–H groups in total. The van der Waals surface area contributed by atoms with Crippen molar-refractivity contribution in [2.75, 3.05) is 13.2 Å². The largest absolute Gasteiger partial charge is 0.462 e.